The fourth-order valence-electron chi connectivity index (χ4n) is 3.68. The van der Waals surface area contributed by atoms with E-state index in [1.807, 2.05) is 31.2 Å². The first-order valence-electron chi connectivity index (χ1n) is 10.1. The van der Waals surface area contributed by atoms with Crippen molar-refractivity contribution < 1.29 is 18.0 Å². The second-order valence-corrected chi connectivity index (χ2v) is 9.61. The first-order chi connectivity index (χ1) is 15.2. The van der Waals surface area contributed by atoms with Gasteiger partial charge in [-0.15, -0.1) is 0 Å². The monoisotopic (exact) mass is 449 g/mol. The van der Waals surface area contributed by atoms with Gasteiger partial charge in [0.2, 0.25) is 15.9 Å². The molecular formula is C24H23N3O4S. The Morgan fingerprint density at radius 1 is 1.00 bits per heavy atom. The van der Waals surface area contributed by atoms with E-state index in [-0.39, 0.29) is 24.9 Å². The van der Waals surface area contributed by atoms with E-state index in [0.717, 1.165) is 17.4 Å². The van der Waals surface area contributed by atoms with Gasteiger partial charge in [-0.25, -0.2) is 8.42 Å². The summed E-state index contributed by atoms with van der Waals surface area (Å²) in [5, 5.41) is 2.76. The topological polar surface area (TPSA) is 86.8 Å². The summed E-state index contributed by atoms with van der Waals surface area (Å²) in [7, 11) is -3.55. The number of nitrogens with zero attached hydrogens (tertiary/aromatic N) is 2. The second kappa shape index (κ2) is 8.47. The number of hydrogen-bond acceptors (Lipinski definition) is 4. The van der Waals surface area contributed by atoms with Crippen molar-refractivity contribution in [1.29, 1.82) is 0 Å². The summed E-state index contributed by atoms with van der Waals surface area (Å²) in [6.45, 7) is 2.04. The first kappa shape index (κ1) is 21.6. The molecule has 164 valence electrons. The fourth-order valence-corrected chi connectivity index (χ4v) is 4.56. The van der Waals surface area contributed by atoms with Crippen LogP contribution in [-0.2, 0) is 21.4 Å². The molecule has 4 rings (SSSR count). The Balaban J connectivity index is 1.62. The Morgan fingerprint density at radius 2 is 1.66 bits per heavy atom. The molecule has 7 nitrogen and oxygen atoms in total. The van der Waals surface area contributed by atoms with Crippen LogP contribution in [0.4, 0.5) is 17.1 Å². The smallest absolute Gasteiger partial charge is 0.258 e. The van der Waals surface area contributed by atoms with Gasteiger partial charge in [-0.3, -0.25) is 18.8 Å². The lowest BCUT2D eigenvalue weighted by Crippen LogP contribution is -2.42. The minimum absolute atomic E-state index is 0.0830. The van der Waals surface area contributed by atoms with Crippen LogP contribution in [0.3, 0.4) is 0 Å². The van der Waals surface area contributed by atoms with E-state index >= 15 is 0 Å². The Kier molecular flexibility index (Phi) is 5.71. The summed E-state index contributed by atoms with van der Waals surface area (Å²) in [5.74, 6) is -0.598. The molecule has 0 saturated heterocycles. The molecule has 1 N–H and O–H groups in total. The number of sulfonamides is 1. The molecule has 0 bridgehead atoms. The Bertz CT molecular complexity index is 1290. The van der Waals surface area contributed by atoms with Gasteiger partial charge < -0.3 is 5.32 Å². The average molecular weight is 450 g/mol. The predicted molar refractivity (Wildman–Crippen MR) is 125 cm³/mol. The van der Waals surface area contributed by atoms with Crippen LogP contribution in [0, 0.1) is 6.92 Å². The van der Waals surface area contributed by atoms with E-state index in [0.29, 0.717) is 22.6 Å². The molecule has 32 heavy (non-hydrogen) atoms. The third-order valence-electron chi connectivity index (χ3n) is 5.39. The van der Waals surface area contributed by atoms with E-state index in [2.05, 4.69) is 5.32 Å². The predicted octanol–water partition coefficient (Wildman–Crippen LogP) is 3.56. The molecule has 0 fully saturated rings. The van der Waals surface area contributed by atoms with Gasteiger partial charge >= 0.3 is 0 Å². The van der Waals surface area contributed by atoms with Crippen LogP contribution in [0.15, 0.2) is 72.8 Å². The molecule has 0 unspecified atom stereocenters. The number of carbonyl (C=O) groups excluding carboxylic acids is 2. The molecule has 0 atom stereocenters. The van der Waals surface area contributed by atoms with Gasteiger partial charge in [-0.1, -0.05) is 36.4 Å². The molecule has 1 aliphatic rings. The maximum Gasteiger partial charge on any atom is 0.258 e. The van der Waals surface area contributed by atoms with E-state index in [4.69, 9.17) is 0 Å². The Labute approximate surface area is 187 Å². The molecule has 8 heteroatoms. The molecule has 1 aliphatic heterocycles. The van der Waals surface area contributed by atoms with E-state index in [1.54, 1.807) is 48.5 Å². The van der Waals surface area contributed by atoms with Gasteiger partial charge in [0.15, 0.2) is 0 Å². The van der Waals surface area contributed by atoms with Gasteiger partial charge in [-0.05, 0) is 54.4 Å². The highest BCUT2D eigenvalue weighted by atomic mass is 32.2. The first-order valence-corrected chi connectivity index (χ1v) is 11.9. The van der Waals surface area contributed by atoms with Crippen molar-refractivity contribution >= 4 is 38.9 Å². The highest BCUT2D eigenvalue weighted by molar-refractivity contribution is 7.92. The van der Waals surface area contributed by atoms with Crippen molar-refractivity contribution in [2.75, 3.05) is 27.3 Å². The van der Waals surface area contributed by atoms with Crippen LogP contribution >= 0.6 is 0 Å². The lowest BCUT2D eigenvalue weighted by Gasteiger charge is -2.29. The molecule has 0 spiro atoms. The van der Waals surface area contributed by atoms with E-state index in [9.17, 15) is 18.0 Å². The molecular weight excluding hydrogens is 426 g/mol. The minimum Gasteiger partial charge on any atom is -0.323 e. The van der Waals surface area contributed by atoms with Crippen LogP contribution in [0.25, 0.3) is 0 Å². The zero-order chi connectivity index (χ0) is 22.9. The zero-order valence-corrected chi connectivity index (χ0v) is 18.6. The van der Waals surface area contributed by atoms with Crippen LogP contribution in [0.1, 0.15) is 21.5 Å². The lowest BCUT2D eigenvalue weighted by molar-refractivity contribution is -0.115. The number of fused-ring (bicyclic) bond motifs is 1. The summed E-state index contributed by atoms with van der Waals surface area (Å²) in [6.07, 6.45) is 1.16. The lowest BCUT2D eigenvalue weighted by atomic mass is 10.1. The number of hydrogen-bond donors (Lipinski definition) is 1. The highest BCUT2D eigenvalue weighted by Gasteiger charge is 2.27. The zero-order valence-electron chi connectivity index (χ0n) is 17.8. The van der Waals surface area contributed by atoms with Crippen LogP contribution < -0.4 is 14.5 Å². The standard InChI is InChI=1S/C24H23N3O4S/c1-17-7-3-4-8-19(17)15-27(32(2,30)31)20-13-11-18(12-14-20)24(29)26-16-23(28)25-21-9-5-6-10-22(21)26/h3-14H,15-16H2,1-2H3,(H,25,28). The quantitative estimate of drug-likeness (QED) is 0.645. The van der Waals surface area contributed by atoms with E-state index in [1.165, 1.54) is 9.21 Å². The summed E-state index contributed by atoms with van der Waals surface area (Å²) in [6, 6.07) is 21.1. The number of nitrogens with one attached hydrogen (secondary N) is 1. The van der Waals surface area contributed by atoms with Crippen molar-refractivity contribution in [3.63, 3.8) is 0 Å². The van der Waals surface area contributed by atoms with Crippen molar-refractivity contribution in [2.24, 2.45) is 0 Å². The summed E-state index contributed by atoms with van der Waals surface area (Å²) in [4.78, 5) is 26.6. The number of carbonyl (C=O) groups is 2. The second-order valence-electron chi connectivity index (χ2n) is 7.70. The average Bonchev–Trinajstić information content (AvgIpc) is 2.77. The SMILES string of the molecule is Cc1ccccc1CN(c1ccc(C(=O)N2CC(=O)Nc3ccccc32)cc1)S(C)(=O)=O. The molecule has 0 radical (unpaired) electrons. The molecule has 1 heterocycles. The number of anilines is 3. The molecule has 2 amide bonds. The summed E-state index contributed by atoms with van der Waals surface area (Å²) in [5.41, 5.74) is 3.92. The number of para-hydroxylation sites is 2. The third kappa shape index (κ3) is 4.36. The van der Waals surface area contributed by atoms with Gasteiger partial charge in [0.05, 0.1) is 29.9 Å². The third-order valence-corrected chi connectivity index (χ3v) is 6.53. The largest absolute Gasteiger partial charge is 0.323 e. The van der Waals surface area contributed by atoms with Gasteiger partial charge in [0, 0.05) is 5.56 Å². The van der Waals surface area contributed by atoms with Crippen LogP contribution in [-0.4, -0.2) is 33.0 Å². The Hall–Kier alpha value is -3.65. The Morgan fingerprint density at radius 3 is 2.34 bits per heavy atom. The van der Waals surface area contributed by atoms with Gasteiger partial charge in [0.25, 0.3) is 5.91 Å². The summed E-state index contributed by atoms with van der Waals surface area (Å²) >= 11 is 0. The molecule has 0 aliphatic carbocycles. The molecule has 0 saturated carbocycles. The normalized spacial score (nSPS) is 13.3. The van der Waals surface area contributed by atoms with E-state index < -0.39 is 10.0 Å². The van der Waals surface area contributed by atoms with Gasteiger partial charge in [-0.2, -0.15) is 0 Å². The van der Waals surface area contributed by atoms with Crippen LogP contribution in [0.5, 0.6) is 0 Å². The van der Waals surface area contributed by atoms with Gasteiger partial charge in [0.1, 0.15) is 6.54 Å². The number of amides is 2. The maximum atomic E-state index is 13.1. The minimum atomic E-state index is -3.55. The number of rotatable bonds is 5. The molecule has 3 aromatic carbocycles. The fraction of sp³-hybridized carbons (Fsp3) is 0.167. The highest BCUT2D eigenvalue weighted by Crippen LogP contribution is 2.30. The molecule has 0 aromatic heterocycles. The molecule has 3 aromatic rings. The number of aryl methyl sites for hydroxylation is 1. The van der Waals surface area contributed by atoms with Crippen molar-refractivity contribution in [2.45, 2.75) is 13.5 Å². The van der Waals surface area contributed by atoms with Crippen LogP contribution in [0.2, 0.25) is 0 Å². The number of benzene rings is 3. The summed E-state index contributed by atoms with van der Waals surface area (Å²) < 4.78 is 26.3. The van der Waals surface area contributed by atoms with Crippen molar-refractivity contribution in [3.05, 3.63) is 89.5 Å². The maximum absolute atomic E-state index is 13.1. The van der Waals surface area contributed by atoms with Crippen molar-refractivity contribution in [3.8, 4) is 0 Å². The van der Waals surface area contributed by atoms with Crippen molar-refractivity contribution in [1.82, 2.24) is 0 Å².